The molecule has 8 amide bonds. The minimum Gasteiger partial charge on any atom is -0.378 e. The molecule has 3 atom stereocenters. The Kier molecular flexibility index (Phi) is 15.8. The number of nitrogens with one attached hydrogen (secondary N) is 9. The van der Waals surface area contributed by atoms with Gasteiger partial charge in [0.1, 0.15) is 18.1 Å². The fraction of sp³-hybridized carbons (Fsp3) is 0.452. The third kappa shape index (κ3) is 14.5. The van der Waals surface area contributed by atoms with E-state index < -0.39 is 84.9 Å². The predicted molar refractivity (Wildman–Crippen MR) is 174 cm³/mol. The van der Waals surface area contributed by atoms with Crippen molar-refractivity contribution < 1.29 is 43.1 Å². The van der Waals surface area contributed by atoms with Crippen LogP contribution in [0.15, 0.2) is 42.9 Å². The SMILES string of the molecule is CC(=O)NCC(=O)N[C@H]1CC(=O)NCCOCCNC(=O)CNC(=O)CNC(=O)[C@@H](Cc2ccccc2)NC(=O)[C@H](Cc2c[nH]cn2)NC1=O. The van der Waals surface area contributed by atoms with Crippen molar-refractivity contribution in [3.05, 3.63) is 54.1 Å². The number of amides is 8. The lowest BCUT2D eigenvalue weighted by molar-refractivity contribution is -0.135. The summed E-state index contributed by atoms with van der Waals surface area (Å²) in [4.78, 5) is 109. The average molecular weight is 699 g/mol. The molecule has 1 saturated heterocycles. The summed E-state index contributed by atoms with van der Waals surface area (Å²) < 4.78 is 5.38. The summed E-state index contributed by atoms with van der Waals surface area (Å²) >= 11 is 0. The molecule has 50 heavy (non-hydrogen) atoms. The molecule has 2 aromatic rings. The smallest absolute Gasteiger partial charge is 0.243 e. The van der Waals surface area contributed by atoms with E-state index in [4.69, 9.17) is 4.74 Å². The number of carbonyl (C=O) groups is 8. The van der Waals surface area contributed by atoms with Crippen LogP contribution in [0.5, 0.6) is 0 Å². The molecular formula is C31H42N10O9. The number of rotatable bonds is 7. The van der Waals surface area contributed by atoms with Gasteiger partial charge in [0.15, 0.2) is 0 Å². The topological polar surface area (TPSA) is 271 Å². The van der Waals surface area contributed by atoms with E-state index >= 15 is 0 Å². The summed E-state index contributed by atoms with van der Waals surface area (Å²) in [5.41, 5.74) is 1.05. The molecule has 3 rings (SSSR count). The minimum atomic E-state index is -1.48. The lowest BCUT2D eigenvalue weighted by Crippen LogP contribution is -2.59. The van der Waals surface area contributed by atoms with Crippen molar-refractivity contribution in [1.29, 1.82) is 0 Å². The van der Waals surface area contributed by atoms with Gasteiger partial charge in [-0.25, -0.2) is 4.98 Å². The van der Waals surface area contributed by atoms with Crippen LogP contribution in [0.25, 0.3) is 0 Å². The van der Waals surface area contributed by atoms with Crippen LogP contribution in [-0.2, 0) is 55.9 Å². The van der Waals surface area contributed by atoms with Gasteiger partial charge in [0.2, 0.25) is 47.3 Å². The van der Waals surface area contributed by atoms with Gasteiger partial charge in [0, 0.05) is 39.1 Å². The highest BCUT2D eigenvalue weighted by Gasteiger charge is 2.31. The zero-order valence-electron chi connectivity index (χ0n) is 27.5. The molecule has 0 unspecified atom stereocenters. The monoisotopic (exact) mass is 698 g/mol. The number of hydrogen-bond acceptors (Lipinski definition) is 10. The van der Waals surface area contributed by atoms with Crippen LogP contribution in [-0.4, -0.2) is 121 Å². The first-order chi connectivity index (χ1) is 24.0. The molecule has 1 fully saturated rings. The van der Waals surface area contributed by atoms with Crippen LogP contribution in [0.1, 0.15) is 24.6 Å². The molecule has 9 N–H and O–H groups in total. The van der Waals surface area contributed by atoms with Gasteiger partial charge in [-0.3, -0.25) is 38.4 Å². The lowest BCUT2D eigenvalue weighted by atomic mass is 10.0. The number of H-pyrrole nitrogens is 1. The summed E-state index contributed by atoms with van der Waals surface area (Å²) in [5.74, 6) is -5.48. The van der Waals surface area contributed by atoms with E-state index in [2.05, 4.69) is 52.5 Å². The van der Waals surface area contributed by atoms with Gasteiger partial charge < -0.3 is 52.3 Å². The third-order valence-corrected chi connectivity index (χ3v) is 7.06. The molecule has 0 saturated carbocycles. The van der Waals surface area contributed by atoms with E-state index in [1.807, 2.05) is 0 Å². The number of aromatic nitrogens is 2. The summed E-state index contributed by atoms with van der Waals surface area (Å²) in [5, 5.41) is 19.9. The van der Waals surface area contributed by atoms with Gasteiger partial charge in [-0.15, -0.1) is 0 Å². The molecule has 1 aliphatic rings. The second kappa shape index (κ2) is 20.5. The van der Waals surface area contributed by atoms with Gasteiger partial charge in [-0.05, 0) is 5.56 Å². The van der Waals surface area contributed by atoms with E-state index in [1.54, 1.807) is 30.3 Å². The molecule has 270 valence electrons. The van der Waals surface area contributed by atoms with Gasteiger partial charge in [0.05, 0.1) is 51.3 Å². The van der Waals surface area contributed by atoms with Crippen LogP contribution in [0, 0.1) is 0 Å². The molecule has 1 aromatic carbocycles. The summed E-state index contributed by atoms with van der Waals surface area (Å²) in [6.07, 6.45) is 2.19. The van der Waals surface area contributed by atoms with E-state index in [0.717, 1.165) is 0 Å². The Morgan fingerprint density at radius 1 is 0.800 bits per heavy atom. The summed E-state index contributed by atoms with van der Waals surface area (Å²) in [7, 11) is 0. The molecule has 0 radical (unpaired) electrons. The third-order valence-electron chi connectivity index (χ3n) is 7.06. The largest absolute Gasteiger partial charge is 0.378 e. The van der Waals surface area contributed by atoms with Crippen LogP contribution in [0.3, 0.4) is 0 Å². The van der Waals surface area contributed by atoms with Crippen molar-refractivity contribution in [2.24, 2.45) is 0 Å². The number of aromatic amines is 1. The second-order valence-electron chi connectivity index (χ2n) is 11.1. The van der Waals surface area contributed by atoms with Crippen molar-refractivity contribution in [2.45, 2.75) is 44.3 Å². The Morgan fingerprint density at radius 3 is 2.12 bits per heavy atom. The van der Waals surface area contributed by atoms with Crippen molar-refractivity contribution in [3.63, 3.8) is 0 Å². The van der Waals surface area contributed by atoms with Crippen LogP contribution in [0.4, 0.5) is 0 Å². The summed E-state index contributed by atoms with van der Waals surface area (Å²) in [6.45, 7) is 0.171. The summed E-state index contributed by atoms with van der Waals surface area (Å²) in [6, 6.07) is 4.68. The molecular weight excluding hydrogens is 656 g/mol. The molecule has 19 heteroatoms. The van der Waals surface area contributed by atoms with Gasteiger partial charge >= 0.3 is 0 Å². The minimum absolute atomic E-state index is 0.00951. The number of imidazole rings is 1. The van der Waals surface area contributed by atoms with Crippen molar-refractivity contribution in [2.75, 3.05) is 45.9 Å². The Bertz CT molecular complexity index is 1490. The maximum atomic E-state index is 13.8. The Labute approximate surface area is 287 Å². The normalized spacial score (nSPS) is 20.9. The Morgan fingerprint density at radius 2 is 1.44 bits per heavy atom. The van der Waals surface area contributed by atoms with Gasteiger partial charge in [0.25, 0.3) is 0 Å². The van der Waals surface area contributed by atoms with Crippen molar-refractivity contribution in [3.8, 4) is 0 Å². The highest BCUT2D eigenvalue weighted by atomic mass is 16.5. The first-order valence-corrected chi connectivity index (χ1v) is 15.8. The average Bonchev–Trinajstić information content (AvgIpc) is 3.60. The lowest BCUT2D eigenvalue weighted by Gasteiger charge is -2.25. The molecule has 1 aliphatic heterocycles. The van der Waals surface area contributed by atoms with E-state index in [0.29, 0.717) is 11.3 Å². The van der Waals surface area contributed by atoms with Crippen molar-refractivity contribution in [1.82, 2.24) is 52.5 Å². The Hall–Kier alpha value is -5.85. The van der Waals surface area contributed by atoms with E-state index in [1.165, 1.54) is 19.4 Å². The highest BCUT2D eigenvalue weighted by molar-refractivity contribution is 5.97. The zero-order valence-corrected chi connectivity index (χ0v) is 27.5. The molecule has 0 spiro atoms. The highest BCUT2D eigenvalue weighted by Crippen LogP contribution is 2.07. The first-order valence-electron chi connectivity index (χ1n) is 15.8. The quantitative estimate of drug-likeness (QED) is 0.134. The first kappa shape index (κ1) is 38.6. The number of benzene rings is 1. The molecule has 0 bridgehead atoms. The van der Waals surface area contributed by atoms with Crippen molar-refractivity contribution >= 4 is 47.3 Å². The standard InChI is InChI=1S/C31H42N10O9/c1-19(42)35-17-28(46)39-24-13-25(43)33-7-9-50-10-8-34-26(44)15-36-27(45)16-37-29(47)22(11-20-5-3-2-4-6-20)40-30(48)23(41-31(24)49)12-21-14-32-18-38-21/h2-6,14,18,22-24H,7-13,15-17H2,1H3,(H,32,38)(H,33,43)(H,34,44)(H,35,42)(H,36,45)(H,37,47)(H,39,46)(H,40,48)(H,41,49)/t22-,23+,24+/m1/s1. The molecule has 19 nitrogen and oxygen atoms in total. The van der Waals surface area contributed by atoms with E-state index in [9.17, 15) is 38.4 Å². The fourth-order valence-electron chi connectivity index (χ4n) is 4.56. The maximum Gasteiger partial charge on any atom is 0.243 e. The Balaban J connectivity index is 1.88. The number of nitrogens with zero attached hydrogens (tertiary/aromatic N) is 1. The second-order valence-corrected chi connectivity index (χ2v) is 11.1. The molecule has 2 heterocycles. The number of hydrogen-bond donors (Lipinski definition) is 9. The van der Waals surface area contributed by atoms with Crippen LogP contribution >= 0.6 is 0 Å². The van der Waals surface area contributed by atoms with Crippen LogP contribution < -0.4 is 42.5 Å². The number of ether oxygens (including phenoxy) is 1. The molecule has 1 aromatic heterocycles. The predicted octanol–water partition coefficient (Wildman–Crippen LogP) is -4.33. The van der Waals surface area contributed by atoms with E-state index in [-0.39, 0.29) is 45.7 Å². The number of carbonyl (C=O) groups excluding carboxylic acids is 8. The van der Waals surface area contributed by atoms with Gasteiger partial charge in [-0.1, -0.05) is 30.3 Å². The zero-order chi connectivity index (χ0) is 36.3. The molecule has 0 aliphatic carbocycles. The van der Waals surface area contributed by atoms with Gasteiger partial charge in [-0.2, -0.15) is 0 Å². The van der Waals surface area contributed by atoms with Crippen LogP contribution in [0.2, 0.25) is 0 Å². The fourth-order valence-corrected chi connectivity index (χ4v) is 4.56. The maximum absolute atomic E-state index is 13.8.